The van der Waals surface area contributed by atoms with Crippen LogP contribution in [0.5, 0.6) is 0 Å². The SMILES string of the molecule is CNC(=O)c1ccnc(NC)c1F. The summed E-state index contributed by atoms with van der Waals surface area (Å²) in [6.07, 6.45) is 1.37. The zero-order valence-corrected chi connectivity index (χ0v) is 7.39. The fourth-order valence-corrected chi connectivity index (χ4v) is 0.928. The molecule has 1 rings (SSSR count). The Morgan fingerprint density at radius 3 is 2.77 bits per heavy atom. The van der Waals surface area contributed by atoms with Gasteiger partial charge in [0.1, 0.15) is 0 Å². The summed E-state index contributed by atoms with van der Waals surface area (Å²) in [6, 6.07) is 1.33. The topological polar surface area (TPSA) is 54.0 Å². The minimum absolute atomic E-state index is 0.0122. The van der Waals surface area contributed by atoms with Crippen LogP contribution in [0.25, 0.3) is 0 Å². The van der Waals surface area contributed by atoms with Gasteiger partial charge in [-0.15, -0.1) is 0 Å². The Bertz CT molecular complexity index is 327. The van der Waals surface area contributed by atoms with Gasteiger partial charge >= 0.3 is 0 Å². The predicted octanol–water partition coefficient (Wildman–Crippen LogP) is 0.622. The molecular weight excluding hydrogens is 173 g/mol. The molecule has 70 valence electrons. The summed E-state index contributed by atoms with van der Waals surface area (Å²) >= 11 is 0. The van der Waals surface area contributed by atoms with Gasteiger partial charge in [-0.05, 0) is 6.07 Å². The summed E-state index contributed by atoms with van der Waals surface area (Å²) in [6.45, 7) is 0. The highest BCUT2D eigenvalue weighted by Crippen LogP contribution is 2.13. The maximum absolute atomic E-state index is 13.3. The van der Waals surface area contributed by atoms with E-state index in [1.807, 2.05) is 0 Å². The Kier molecular flexibility index (Phi) is 2.79. The molecule has 0 fully saturated rings. The second kappa shape index (κ2) is 3.84. The van der Waals surface area contributed by atoms with E-state index in [9.17, 15) is 9.18 Å². The Hall–Kier alpha value is -1.65. The fraction of sp³-hybridized carbons (Fsp3) is 0.250. The standard InChI is InChI=1S/C8H10FN3O/c1-10-7-6(9)5(3-4-12-7)8(13)11-2/h3-4H,1-2H3,(H,10,12)(H,11,13). The highest BCUT2D eigenvalue weighted by atomic mass is 19.1. The molecule has 4 nitrogen and oxygen atoms in total. The first-order valence-corrected chi connectivity index (χ1v) is 3.75. The van der Waals surface area contributed by atoms with Crippen molar-refractivity contribution in [2.24, 2.45) is 0 Å². The van der Waals surface area contributed by atoms with Crippen molar-refractivity contribution >= 4 is 11.7 Å². The van der Waals surface area contributed by atoms with Crippen LogP contribution < -0.4 is 10.6 Å². The minimum Gasteiger partial charge on any atom is -0.371 e. The number of carbonyl (C=O) groups is 1. The number of anilines is 1. The Morgan fingerprint density at radius 1 is 1.54 bits per heavy atom. The summed E-state index contributed by atoms with van der Waals surface area (Å²) in [4.78, 5) is 14.8. The average molecular weight is 183 g/mol. The number of hydrogen-bond acceptors (Lipinski definition) is 3. The smallest absolute Gasteiger partial charge is 0.254 e. The minimum atomic E-state index is -0.635. The number of hydrogen-bond donors (Lipinski definition) is 2. The molecule has 0 aliphatic carbocycles. The number of aromatic nitrogens is 1. The molecule has 0 unspecified atom stereocenters. The molecule has 5 heteroatoms. The van der Waals surface area contributed by atoms with E-state index in [1.54, 1.807) is 7.05 Å². The first-order chi connectivity index (χ1) is 6.20. The Balaban J connectivity index is 3.15. The van der Waals surface area contributed by atoms with Gasteiger partial charge < -0.3 is 10.6 Å². The highest BCUT2D eigenvalue weighted by molar-refractivity contribution is 5.94. The van der Waals surface area contributed by atoms with E-state index >= 15 is 0 Å². The van der Waals surface area contributed by atoms with Gasteiger partial charge in [-0.25, -0.2) is 9.37 Å². The molecule has 0 aliphatic rings. The molecule has 0 saturated heterocycles. The van der Waals surface area contributed by atoms with Crippen LogP contribution in [0.1, 0.15) is 10.4 Å². The Labute approximate surface area is 75.2 Å². The lowest BCUT2D eigenvalue weighted by Crippen LogP contribution is -2.20. The molecule has 0 saturated carbocycles. The number of nitrogens with one attached hydrogen (secondary N) is 2. The summed E-state index contributed by atoms with van der Waals surface area (Å²) in [5.41, 5.74) is -0.0122. The first-order valence-electron chi connectivity index (χ1n) is 3.75. The lowest BCUT2D eigenvalue weighted by atomic mass is 10.2. The monoisotopic (exact) mass is 183 g/mol. The van der Waals surface area contributed by atoms with Gasteiger partial charge in [0.2, 0.25) is 0 Å². The fourth-order valence-electron chi connectivity index (χ4n) is 0.928. The average Bonchev–Trinajstić information content (AvgIpc) is 2.17. The molecule has 0 atom stereocenters. The predicted molar refractivity (Wildman–Crippen MR) is 47.1 cm³/mol. The van der Waals surface area contributed by atoms with Gasteiger partial charge in [0.15, 0.2) is 11.6 Å². The van der Waals surface area contributed by atoms with Crippen molar-refractivity contribution in [3.8, 4) is 0 Å². The Morgan fingerprint density at radius 2 is 2.23 bits per heavy atom. The van der Waals surface area contributed by atoms with Gasteiger partial charge in [0.05, 0.1) is 5.56 Å². The molecule has 1 amide bonds. The third-order valence-electron chi connectivity index (χ3n) is 1.60. The van der Waals surface area contributed by atoms with E-state index < -0.39 is 11.7 Å². The lowest BCUT2D eigenvalue weighted by molar-refractivity contribution is 0.0959. The van der Waals surface area contributed by atoms with E-state index in [1.165, 1.54) is 19.3 Å². The molecule has 2 N–H and O–H groups in total. The number of halogens is 1. The molecule has 0 aliphatic heterocycles. The van der Waals surface area contributed by atoms with Crippen LogP contribution in [0.3, 0.4) is 0 Å². The zero-order valence-electron chi connectivity index (χ0n) is 7.39. The van der Waals surface area contributed by atoms with Gasteiger partial charge in [0.25, 0.3) is 5.91 Å². The molecule has 0 bridgehead atoms. The van der Waals surface area contributed by atoms with Crippen molar-refractivity contribution in [2.45, 2.75) is 0 Å². The third kappa shape index (κ3) is 1.74. The third-order valence-corrected chi connectivity index (χ3v) is 1.60. The van der Waals surface area contributed by atoms with E-state index in [0.29, 0.717) is 0 Å². The van der Waals surface area contributed by atoms with Crippen LogP contribution in [-0.4, -0.2) is 25.0 Å². The van der Waals surface area contributed by atoms with E-state index in [0.717, 1.165) is 0 Å². The summed E-state index contributed by atoms with van der Waals surface area (Å²) < 4.78 is 13.3. The van der Waals surface area contributed by atoms with Crippen molar-refractivity contribution in [1.82, 2.24) is 10.3 Å². The summed E-state index contributed by atoms with van der Waals surface area (Å²) in [5, 5.41) is 4.89. The van der Waals surface area contributed by atoms with E-state index in [4.69, 9.17) is 0 Å². The highest BCUT2D eigenvalue weighted by Gasteiger charge is 2.13. The van der Waals surface area contributed by atoms with E-state index in [-0.39, 0.29) is 11.4 Å². The maximum Gasteiger partial charge on any atom is 0.254 e. The van der Waals surface area contributed by atoms with Gasteiger partial charge in [-0.1, -0.05) is 0 Å². The molecule has 13 heavy (non-hydrogen) atoms. The maximum atomic E-state index is 13.3. The van der Waals surface area contributed by atoms with Crippen molar-refractivity contribution in [3.05, 3.63) is 23.6 Å². The van der Waals surface area contributed by atoms with Crippen molar-refractivity contribution in [1.29, 1.82) is 0 Å². The molecule has 1 aromatic rings. The van der Waals surface area contributed by atoms with Crippen molar-refractivity contribution in [2.75, 3.05) is 19.4 Å². The van der Waals surface area contributed by atoms with Crippen LogP contribution in [0.15, 0.2) is 12.3 Å². The molecule has 0 aromatic carbocycles. The van der Waals surface area contributed by atoms with Crippen LogP contribution in [0.2, 0.25) is 0 Å². The lowest BCUT2D eigenvalue weighted by Gasteiger charge is -2.04. The normalized spacial score (nSPS) is 9.46. The quantitative estimate of drug-likeness (QED) is 0.706. The number of carbonyl (C=O) groups excluding carboxylic acids is 1. The van der Waals surface area contributed by atoms with Crippen LogP contribution in [0.4, 0.5) is 10.2 Å². The number of nitrogens with zero attached hydrogens (tertiary/aromatic N) is 1. The number of rotatable bonds is 2. The van der Waals surface area contributed by atoms with Crippen molar-refractivity contribution in [3.63, 3.8) is 0 Å². The molecular formula is C8H10FN3O. The van der Waals surface area contributed by atoms with Gasteiger partial charge in [0, 0.05) is 20.3 Å². The molecule has 0 spiro atoms. The summed E-state index contributed by atoms with van der Waals surface area (Å²) in [5.74, 6) is -1.03. The van der Waals surface area contributed by atoms with Gasteiger partial charge in [-0.2, -0.15) is 0 Å². The van der Waals surface area contributed by atoms with Crippen molar-refractivity contribution < 1.29 is 9.18 Å². The second-order valence-corrected chi connectivity index (χ2v) is 2.35. The zero-order chi connectivity index (χ0) is 9.84. The van der Waals surface area contributed by atoms with Gasteiger partial charge in [-0.3, -0.25) is 4.79 Å². The van der Waals surface area contributed by atoms with E-state index in [2.05, 4.69) is 15.6 Å². The molecule has 0 radical (unpaired) electrons. The number of pyridine rings is 1. The van der Waals surface area contributed by atoms with Crippen LogP contribution in [0, 0.1) is 5.82 Å². The molecule has 1 heterocycles. The number of amides is 1. The second-order valence-electron chi connectivity index (χ2n) is 2.35. The molecule has 1 aromatic heterocycles. The summed E-state index contributed by atoms with van der Waals surface area (Å²) in [7, 11) is 2.99. The first kappa shape index (κ1) is 9.44. The van der Waals surface area contributed by atoms with Crippen LogP contribution in [-0.2, 0) is 0 Å². The largest absolute Gasteiger partial charge is 0.371 e. The van der Waals surface area contributed by atoms with Crippen LogP contribution >= 0.6 is 0 Å².